The van der Waals surface area contributed by atoms with Crippen molar-refractivity contribution in [3.8, 4) is 11.1 Å². The molecule has 0 bridgehead atoms. The second-order valence-corrected chi connectivity index (χ2v) is 14.1. The van der Waals surface area contributed by atoms with Crippen molar-refractivity contribution in [2.75, 3.05) is 24.5 Å². The summed E-state index contributed by atoms with van der Waals surface area (Å²) in [5, 5.41) is 10.4. The first kappa shape index (κ1) is 31.1. The zero-order chi connectivity index (χ0) is 31.1. The summed E-state index contributed by atoms with van der Waals surface area (Å²) in [6, 6.07) is 11.7. The van der Waals surface area contributed by atoms with E-state index in [9.17, 15) is 14.3 Å². The minimum atomic E-state index is -1.13. The van der Waals surface area contributed by atoms with Crippen LogP contribution < -0.4 is 4.90 Å². The average molecular weight is 588 g/mol. The molecule has 6 nitrogen and oxygen atoms in total. The number of carbonyl (C=O) groups is 1. The van der Waals surface area contributed by atoms with E-state index in [-0.39, 0.29) is 11.2 Å². The summed E-state index contributed by atoms with van der Waals surface area (Å²) in [7, 11) is 0. The zero-order valence-electron chi connectivity index (χ0n) is 26.8. The summed E-state index contributed by atoms with van der Waals surface area (Å²) in [6.45, 7) is 18.4. The normalized spacial score (nSPS) is 17.9. The number of rotatable bonds is 7. The topological polar surface area (TPSA) is 65.9 Å². The molecule has 2 aliphatic heterocycles. The van der Waals surface area contributed by atoms with Gasteiger partial charge in [-0.2, -0.15) is 0 Å². The minimum absolute atomic E-state index is 0.196. The quantitative estimate of drug-likeness (QED) is 0.307. The molecule has 5 rings (SSSR count). The van der Waals surface area contributed by atoms with Gasteiger partial charge < -0.3 is 14.7 Å². The number of piperidine rings is 1. The lowest BCUT2D eigenvalue weighted by atomic mass is 9.82. The molecule has 1 fully saturated rings. The van der Waals surface area contributed by atoms with E-state index >= 15 is 0 Å². The van der Waals surface area contributed by atoms with E-state index in [1.54, 1.807) is 12.1 Å². The molecule has 0 saturated carbocycles. The molecule has 0 radical (unpaired) electrons. The molecule has 230 valence electrons. The van der Waals surface area contributed by atoms with Gasteiger partial charge in [-0.3, -0.25) is 9.88 Å². The highest BCUT2D eigenvalue weighted by Crippen LogP contribution is 2.44. The van der Waals surface area contributed by atoms with Gasteiger partial charge >= 0.3 is 5.97 Å². The van der Waals surface area contributed by atoms with Crippen molar-refractivity contribution < 1.29 is 19.0 Å². The van der Waals surface area contributed by atoms with Crippen LogP contribution in [0, 0.1) is 25.1 Å². The first-order chi connectivity index (χ1) is 20.2. The summed E-state index contributed by atoms with van der Waals surface area (Å²) >= 11 is 0. The van der Waals surface area contributed by atoms with Gasteiger partial charge in [-0.1, -0.05) is 38.1 Å². The third kappa shape index (κ3) is 7.10. The number of fused-ring (bicyclic) bond motifs is 1. The third-order valence-electron chi connectivity index (χ3n) is 8.99. The van der Waals surface area contributed by atoms with Crippen molar-refractivity contribution >= 4 is 11.7 Å². The van der Waals surface area contributed by atoms with E-state index in [4.69, 9.17) is 9.72 Å². The standard InChI is InChI=1S/C36H46FN3O3/c1-23-18-29(37)11-10-27(23)21-39-15-12-25-19-26(8-9-28(25)22-39)30-20-38-24(2)31(33(34(41)42)43-35(3,4)5)32(30)40-16-13-36(6,7)14-17-40/h8-11,18-20,33H,12-17,21-22H2,1-7H3,(H,41,42). The van der Waals surface area contributed by atoms with Gasteiger partial charge in [-0.25, -0.2) is 9.18 Å². The Bertz CT molecular complexity index is 1500. The van der Waals surface area contributed by atoms with E-state index in [1.807, 2.05) is 46.9 Å². The number of benzene rings is 2. The van der Waals surface area contributed by atoms with Crippen LogP contribution in [0.15, 0.2) is 42.6 Å². The number of ether oxygens (including phenoxy) is 1. The van der Waals surface area contributed by atoms with Gasteiger partial charge in [0.25, 0.3) is 0 Å². The molecule has 1 atom stereocenters. The van der Waals surface area contributed by atoms with Crippen LogP contribution in [0.2, 0.25) is 0 Å². The van der Waals surface area contributed by atoms with E-state index in [0.29, 0.717) is 11.3 Å². The van der Waals surface area contributed by atoms with Gasteiger partial charge in [0.15, 0.2) is 6.10 Å². The molecule has 0 amide bonds. The summed E-state index contributed by atoms with van der Waals surface area (Å²) < 4.78 is 19.8. The predicted octanol–water partition coefficient (Wildman–Crippen LogP) is 7.63. The van der Waals surface area contributed by atoms with Gasteiger partial charge in [0, 0.05) is 55.7 Å². The second-order valence-electron chi connectivity index (χ2n) is 14.1. The van der Waals surface area contributed by atoms with Crippen LogP contribution >= 0.6 is 0 Å². The fourth-order valence-electron chi connectivity index (χ4n) is 6.39. The number of aryl methyl sites for hydroxylation is 2. The zero-order valence-corrected chi connectivity index (χ0v) is 26.8. The van der Waals surface area contributed by atoms with Gasteiger partial charge in [0.2, 0.25) is 0 Å². The predicted molar refractivity (Wildman–Crippen MR) is 170 cm³/mol. The van der Waals surface area contributed by atoms with Crippen LogP contribution in [-0.4, -0.2) is 46.2 Å². The first-order valence-corrected chi connectivity index (χ1v) is 15.5. The van der Waals surface area contributed by atoms with Crippen molar-refractivity contribution in [3.05, 3.63) is 81.9 Å². The molecule has 1 unspecified atom stereocenters. The summed E-state index contributed by atoms with van der Waals surface area (Å²) in [6.07, 6.45) is 3.75. The van der Waals surface area contributed by atoms with Crippen LogP contribution in [0.1, 0.15) is 87.1 Å². The van der Waals surface area contributed by atoms with Crippen LogP contribution in [0.5, 0.6) is 0 Å². The van der Waals surface area contributed by atoms with Gasteiger partial charge in [0.1, 0.15) is 5.82 Å². The van der Waals surface area contributed by atoms with Gasteiger partial charge in [-0.05, 0) is 99.2 Å². The Kier molecular flexibility index (Phi) is 8.70. The summed E-state index contributed by atoms with van der Waals surface area (Å²) in [4.78, 5) is 22.2. The monoisotopic (exact) mass is 587 g/mol. The summed E-state index contributed by atoms with van der Waals surface area (Å²) in [5.74, 6) is -1.20. The molecule has 2 aromatic carbocycles. The van der Waals surface area contributed by atoms with Crippen molar-refractivity contribution in [1.82, 2.24) is 9.88 Å². The number of anilines is 1. The number of nitrogens with zero attached hydrogens (tertiary/aromatic N) is 3. The van der Waals surface area contributed by atoms with E-state index in [2.05, 4.69) is 41.8 Å². The molecule has 0 aliphatic carbocycles. The molecule has 7 heteroatoms. The minimum Gasteiger partial charge on any atom is -0.479 e. The highest BCUT2D eigenvalue weighted by molar-refractivity contribution is 5.86. The van der Waals surface area contributed by atoms with Crippen molar-refractivity contribution in [2.45, 2.75) is 92.5 Å². The maximum absolute atomic E-state index is 13.6. The first-order valence-electron chi connectivity index (χ1n) is 15.5. The van der Waals surface area contributed by atoms with Crippen LogP contribution in [0.25, 0.3) is 11.1 Å². The molecule has 0 spiro atoms. The number of carboxylic acid groups (broad SMARTS) is 1. The Labute approximate surface area is 255 Å². The van der Waals surface area contributed by atoms with Crippen molar-refractivity contribution in [1.29, 1.82) is 0 Å². The molecule has 3 heterocycles. The molecule has 1 saturated heterocycles. The largest absolute Gasteiger partial charge is 0.479 e. The Hall–Kier alpha value is -3.29. The maximum atomic E-state index is 13.6. The number of carboxylic acids is 1. The summed E-state index contributed by atoms with van der Waals surface area (Å²) in [5.41, 5.74) is 8.60. The van der Waals surface area contributed by atoms with Gasteiger partial charge in [0.05, 0.1) is 11.3 Å². The fourth-order valence-corrected chi connectivity index (χ4v) is 6.39. The molecular formula is C36H46FN3O3. The molecule has 1 aromatic heterocycles. The Morgan fingerprint density at radius 3 is 2.44 bits per heavy atom. The molecule has 1 N–H and O–H groups in total. The lowest BCUT2D eigenvalue weighted by Gasteiger charge is -2.41. The highest BCUT2D eigenvalue weighted by atomic mass is 19.1. The Balaban J connectivity index is 1.52. The number of hydrogen-bond acceptors (Lipinski definition) is 5. The molecule has 2 aliphatic rings. The molecule has 3 aromatic rings. The number of aliphatic carboxylic acids is 1. The second kappa shape index (κ2) is 12.0. The number of hydrogen-bond donors (Lipinski definition) is 1. The van der Waals surface area contributed by atoms with Gasteiger partial charge in [-0.15, -0.1) is 0 Å². The molecular weight excluding hydrogens is 541 g/mol. The van der Waals surface area contributed by atoms with Crippen molar-refractivity contribution in [2.24, 2.45) is 5.41 Å². The number of aromatic nitrogens is 1. The van der Waals surface area contributed by atoms with E-state index in [1.165, 1.54) is 11.1 Å². The Morgan fingerprint density at radius 2 is 1.79 bits per heavy atom. The number of pyridine rings is 1. The van der Waals surface area contributed by atoms with Crippen LogP contribution in [0.3, 0.4) is 0 Å². The lowest BCUT2D eigenvalue weighted by molar-refractivity contribution is -0.160. The highest BCUT2D eigenvalue weighted by Gasteiger charge is 2.36. The van der Waals surface area contributed by atoms with Crippen LogP contribution in [0.4, 0.5) is 10.1 Å². The maximum Gasteiger partial charge on any atom is 0.337 e. The fraction of sp³-hybridized carbons (Fsp3) is 0.500. The SMILES string of the molecule is Cc1cc(F)ccc1CN1CCc2cc(-c3cnc(C)c(C(OC(C)(C)C)C(=O)O)c3N3CCC(C)(C)CC3)ccc2C1. The average Bonchev–Trinajstić information content (AvgIpc) is 2.92. The number of halogens is 1. The van der Waals surface area contributed by atoms with Crippen molar-refractivity contribution in [3.63, 3.8) is 0 Å². The van der Waals surface area contributed by atoms with Crippen LogP contribution in [-0.2, 0) is 29.0 Å². The Morgan fingerprint density at radius 1 is 1.07 bits per heavy atom. The molecule has 43 heavy (non-hydrogen) atoms. The van der Waals surface area contributed by atoms with E-state index < -0.39 is 17.7 Å². The lowest BCUT2D eigenvalue weighted by Crippen LogP contribution is -2.39. The third-order valence-corrected chi connectivity index (χ3v) is 8.99. The smallest absolute Gasteiger partial charge is 0.337 e. The van der Waals surface area contributed by atoms with E-state index in [0.717, 1.165) is 79.9 Å².